The Morgan fingerprint density at radius 1 is 0.472 bits per heavy atom. The molecule has 524 valence electrons. The molecule has 0 aromatic heterocycles. The molecular formula is C66H126N2O19P2. The minimum atomic E-state index is -5.39. The van der Waals surface area contributed by atoms with E-state index in [9.17, 15) is 48.2 Å². The fourth-order valence-electron chi connectivity index (χ4n) is 11.7. The highest BCUT2D eigenvalue weighted by Gasteiger charge is 2.53. The van der Waals surface area contributed by atoms with Crippen molar-refractivity contribution in [3.63, 3.8) is 0 Å². The molecule has 21 nitrogen and oxygen atoms in total. The summed E-state index contributed by atoms with van der Waals surface area (Å²) in [6, 6.07) is -2.84. The summed E-state index contributed by atoms with van der Waals surface area (Å²) in [7, 11) is -7.69. The zero-order valence-electron chi connectivity index (χ0n) is 56.0. The van der Waals surface area contributed by atoms with E-state index in [-0.39, 0.29) is 44.5 Å². The number of Topliss-reactive ketones (excluding diaryl/α,β-unsaturated/α-hetero) is 1. The lowest BCUT2D eigenvalue weighted by Crippen LogP contribution is -2.67. The number of hydrogen-bond acceptors (Lipinski definition) is 15. The maximum Gasteiger partial charge on any atom is 0.472 e. The second-order valence-electron chi connectivity index (χ2n) is 24.8. The number of nitrogens with one attached hydrogen (secondary N) is 2. The number of carbonyl (C=O) groups excluding carboxylic acids is 3. The van der Waals surface area contributed by atoms with Crippen LogP contribution in [0.5, 0.6) is 0 Å². The van der Waals surface area contributed by atoms with E-state index in [1.807, 2.05) is 0 Å². The van der Waals surface area contributed by atoms with Crippen LogP contribution in [-0.2, 0) is 65.7 Å². The first-order valence-electron chi connectivity index (χ1n) is 35.0. The lowest BCUT2D eigenvalue weighted by molar-refractivity contribution is -0.301. The van der Waals surface area contributed by atoms with Gasteiger partial charge in [0.15, 0.2) is 12.6 Å². The molecular weight excluding hydrogens is 1190 g/mol. The van der Waals surface area contributed by atoms with Crippen LogP contribution in [0, 0.1) is 0 Å². The normalized spacial score (nSPS) is 22.9. The molecule has 11 atom stereocenters. The topological polar surface area (TPSA) is 294 Å². The van der Waals surface area contributed by atoms with Crippen molar-refractivity contribution in [2.75, 3.05) is 40.6 Å². The fraction of sp³-hybridized carbons (Fsp3) is 0.924. The van der Waals surface area contributed by atoms with Crippen LogP contribution in [0.3, 0.4) is 0 Å². The number of allylic oxidation sites excluding steroid dienone is 2. The number of aliphatic hydroxyl groups excluding tert-OH is 1. The Hall–Kier alpha value is -1.75. The highest BCUT2D eigenvalue weighted by molar-refractivity contribution is 7.46. The number of ether oxygens (including phenoxy) is 7. The van der Waals surface area contributed by atoms with E-state index in [4.69, 9.17) is 42.2 Å². The molecule has 2 aliphatic heterocycles. The van der Waals surface area contributed by atoms with E-state index in [2.05, 4.69) is 50.5 Å². The number of phosphoric ester groups is 2. The second kappa shape index (κ2) is 52.5. The number of rotatable bonds is 59. The van der Waals surface area contributed by atoms with Crippen molar-refractivity contribution in [3.8, 4) is 0 Å². The first kappa shape index (κ1) is 83.3. The highest BCUT2D eigenvalue weighted by Crippen LogP contribution is 2.44. The summed E-state index contributed by atoms with van der Waals surface area (Å²) in [5, 5.41) is 17.9. The number of phosphoric acid groups is 2. The molecule has 0 aromatic rings. The van der Waals surface area contributed by atoms with Crippen molar-refractivity contribution in [3.05, 3.63) is 12.2 Å². The lowest BCUT2D eigenvalue weighted by Gasteiger charge is -2.47. The zero-order valence-corrected chi connectivity index (χ0v) is 57.8. The van der Waals surface area contributed by atoms with Crippen LogP contribution >= 0.6 is 15.6 Å². The molecule has 2 aliphatic rings. The Kier molecular flexibility index (Phi) is 49.2. The Labute approximate surface area is 536 Å². The third kappa shape index (κ3) is 41.0. The average Bonchev–Trinajstić information content (AvgIpc) is 0.966. The average molecular weight is 1310 g/mol. The molecule has 0 bridgehead atoms. The highest BCUT2D eigenvalue weighted by atomic mass is 31.2. The summed E-state index contributed by atoms with van der Waals surface area (Å²) < 4.78 is 79.3. The molecule has 23 heteroatoms. The molecule has 2 heterocycles. The molecule has 2 rings (SSSR count). The molecule has 7 N–H and O–H groups in total. The molecule has 0 spiro atoms. The SMILES string of the molecule is CCCCCC/C=C/CCCCCCCCCC(=O)NC1C(OCC2OC(OP(=O)(O)O)C(NC(=O)CC(=O)CCCCCCCCCCC)C(OCCCCCCCCCC)C2O)OC(COC)C(OP(=O)(O)O)C1OCCC(CCCCCCC)OC. The van der Waals surface area contributed by atoms with Gasteiger partial charge in [-0.3, -0.25) is 23.4 Å². The van der Waals surface area contributed by atoms with Crippen LogP contribution < -0.4 is 10.6 Å². The van der Waals surface area contributed by atoms with Crippen molar-refractivity contribution < 1.29 is 90.4 Å². The molecule has 0 aliphatic carbocycles. The van der Waals surface area contributed by atoms with Gasteiger partial charge >= 0.3 is 15.6 Å². The number of unbranched alkanes of at least 4 members (excludes halogenated alkanes) is 30. The van der Waals surface area contributed by atoms with E-state index in [0.717, 1.165) is 161 Å². The van der Waals surface area contributed by atoms with Crippen LogP contribution in [-0.4, -0.2) is 150 Å². The van der Waals surface area contributed by atoms with Crippen molar-refractivity contribution in [1.82, 2.24) is 10.6 Å². The minimum absolute atomic E-state index is 0.00889. The molecule has 11 unspecified atom stereocenters. The van der Waals surface area contributed by atoms with Gasteiger partial charge in [-0.05, 0) is 57.8 Å². The number of hydrogen-bond donors (Lipinski definition) is 7. The van der Waals surface area contributed by atoms with Crippen molar-refractivity contribution in [1.29, 1.82) is 0 Å². The van der Waals surface area contributed by atoms with Gasteiger partial charge in [0.2, 0.25) is 11.8 Å². The number of amides is 2. The largest absolute Gasteiger partial charge is 0.472 e. The maximum absolute atomic E-state index is 14.1. The molecule has 89 heavy (non-hydrogen) atoms. The van der Waals surface area contributed by atoms with Crippen LogP contribution in [0.15, 0.2) is 12.2 Å². The number of aliphatic hydroxyl groups is 1. The van der Waals surface area contributed by atoms with Gasteiger partial charge in [0.05, 0.1) is 25.7 Å². The summed E-state index contributed by atoms with van der Waals surface area (Å²) in [6.45, 7) is 7.91. The van der Waals surface area contributed by atoms with Gasteiger partial charge in [0.1, 0.15) is 54.5 Å². The summed E-state index contributed by atoms with van der Waals surface area (Å²) in [5.74, 6) is -1.52. The van der Waals surface area contributed by atoms with Crippen molar-refractivity contribution >= 4 is 33.2 Å². The smallest absolute Gasteiger partial charge is 0.388 e. The Bertz CT molecular complexity index is 1900. The van der Waals surface area contributed by atoms with Crippen LogP contribution in [0.4, 0.5) is 0 Å². The Morgan fingerprint density at radius 2 is 0.921 bits per heavy atom. The van der Waals surface area contributed by atoms with E-state index >= 15 is 0 Å². The van der Waals surface area contributed by atoms with Gasteiger partial charge in [0.25, 0.3) is 0 Å². The number of ketones is 1. The van der Waals surface area contributed by atoms with Gasteiger partial charge in [-0.1, -0.05) is 220 Å². The summed E-state index contributed by atoms with van der Waals surface area (Å²) in [5.41, 5.74) is 0. The van der Waals surface area contributed by atoms with Crippen LogP contribution in [0.25, 0.3) is 0 Å². The second-order valence-corrected chi connectivity index (χ2v) is 27.2. The van der Waals surface area contributed by atoms with Gasteiger partial charge < -0.3 is 68.5 Å². The van der Waals surface area contributed by atoms with Gasteiger partial charge in [-0.15, -0.1) is 0 Å². The van der Waals surface area contributed by atoms with E-state index in [1.165, 1.54) is 58.5 Å². The summed E-state index contributed by atoms with van der Waals surface area (Å²) in [4.78, 5) is 82.2. The predicted octanol–water partition coefficient (Wildman–Crippen LogP) is 13.6. The first-order chi connectivity index (χ1) is 42.9. The molecule has 0 aromatic carbocycles. The molecule has 0 saturated carbocycles. The van der Waals surface area contributed by atoms with Crippen molar-refractivity contribution in [2.24, 2.45) is 0 Å². The van der Waals surface area contributed by atoms with Crippen LogP contribution in [0.1, 0.15) is 285 Å². The number of methoxy groups -OCH3 is 2. The van der Waals surface area contributed by atoms with E-state index in [1.54, 1.807) is 7.11 Å². The lowest BCUT2D eigenvalue weighted by atomic mass is 9.95. The van der Waals surface area contributed by atoms with E-state index < -0.39 is 102 Å². The van der Waals surface area contributed by atoms with E-state index in [0.29, 0.717) is 25.7 Å². The standard InChI is InChI=1S/C66H126N2O19P2/c1-7-11-15-19-22-25-26-27-28-29-30-32-34-38-42-46-57(70)67-60-64(82-49-47-54(80-6)45-41-36-18-14-10-4)62(86-88(73,74)75)56(51-79-5)85-65(60)83-52-55-61(72)63(81-48-43-39-35-24-21-17-13-9-3)59(66(84-55)87-89(76,77)78)68-58(71)50-53(69)44-40-37-33-31-23-20-16-12-8-2/h25-26,54-56,59-66,72H,7-24,27-52H2,1-6H3,(H,67,70)(H,68,71)(H2,73,74,75)(H2,76,77,78)/b26-25+. The quantitative estimate of drug-likeness (QED) is 0.0129. The summed E-state index contributed by atoms with van der Waals surface area (Å²) >= 11 is 0. The van der Waals surface area contributed by atoms with Gasteiger partial charge in [0, 0.05) is 40.3 Å². The maximum atomic E-state index is 14.1. The Morgan fingerprint density at radius 3 is 1.45 bits per heavy atom. The van der Waals surface area contributed by atoms with Gasteiger partial charge in [-0.25, -0.2) is 9.13 Å². The van der Waals surface area contributed by atoms with Gasteiger partial charge in [-0.2, -0.15) is 0 Å². The first-order valence-corrected chi connectivity index (χ1v) is 38.1. The fourth-order valence-corrected chi connectivity index (χ4v) is 12.7. The molecule has 0 radical (unpaired) electrons. The van der Waals surface area contributed by atoms with Crippen LogP contribution in [0.2, 0.25) is 0 Å². The Balaban J connectivity index is 2.45. The minimum Gasteiger partial charge on any atom is -0.388 e. The zero-order chi connectivity index (χ0) is 65.4. The monoisotopic (exact) mass is 1310 g/mol. The third-order valence-corrected chi connectivity index (χ3v) is 17.8. The number of carbonyl (C=O) groups is 3. The predicted molar refractivity (Wildman–Crippen MR) is 347 cm³/mol. The molecule has 2 fully saturated rings. The third-order valence-electron chi connectivity index (χ3n) is 16.8. The molecule has 2 saturated heterocycles. The molecule has 2 amide bonds. The van der Waals surface area contributed by atoms with Crippen molar-refractivity contribution in [2.45, 2.75) is 352 Å². The summed E-state index contributed by atoms with van der Waals surface area (Å²) in [6.07, 6.45) is 29.6.